The molecule has 1 N–H and O–H groups in total. The number of aromatic nitrogens is 3. The topological polar surface area (TPSA) is 66.3 Å². The van der Waals surface area contributed by atoms with Crippen molar-refractivity contribution in [1.82, 2.24) is 29.7 Å². The van der Waals surface area contributed by atoms with Crippen molar-refractivity contribution < 1.29 is 4.79 Å². The molecule has 7 heteroatoms. The standard InChI is InChI=1S/C18H22N6O/c25-18(23-9-5-16(13-23)22-7-1-2-8-22)21-12-15-3-4-17(20-11-15)24-10-6-19-14-24/h1-4,6,10-11,14,16H,5,7-9,12-13H2,(H,21,25). The van der Waals surface area contributed by atoms with Crippen LogP contribution < -0.4 is 5.32 Å². The number of nitrogens with one attached hydrogen (secondary N) is 1. The van der Waals surface area contributed by atoms with Crippen molar-refractivity contribution in [3.8, 4) is 5.82 Å². The largest absolute Gasteiger partial charge is 0.334 e. The summed E-state index contributed by atoms with van der Waals surface area (Å²) in [6, 6.07) is 4.39. The second-order valence-corrected chi connectivity index (χ2v) is 6.47. The van der Waals surface area contributed by atoms with E-state index >= 15 is 0 Å². The molecule has 7 nitrogen and oxygen atoms in total. The molecule has 0 radical (unpaired) electrons. The van der Waals surface area contributed by atoms with E-state index in [0.717, 1.165) is 44.0 Å². The molecule has 2 aromatic rings. The lowest BCUT2D eigenvalue weighted by molar-refractivity contribution is 0.199. The molecule has 130 valence electrons. The SMILES string of the molecule is O=C(NCc1ccc(-n2ccnc2)nc1)N1CCC(N2CC=CC2)C1. The third-order valence-corrected chi connectivity index (χ3v) is 4.84. The Hall–Kier alpha value is -2.67. The van der Waals surface area contributed by atoms with E-state index in [1.165, 1.54) is 0 Å². The summed E-state index contributed by atoms with van der Waals surface area (Å²) in [7, 11) is 0. The van der Waals surface area contributed by atoms with Crippen molar-refractivity contribution in [2.75, 3.05) is 26.2 Å². The number of hydrogen-bond acceptors (Lipinski definition) is 4. The molecule has 1 atom stereocenters. The Morgan fingerprint density at radius 3 is 2.88 bits per heavy atom. The summed E-state index contributed by atoms with van der Waals surface area (Å²) >= 11 is 0. The summed E-state index contributed by atoms with van der Waals surface area (Å²) in [5.74, 6) is 0.814. The fraction of sp³-hybridized carbons (Fsp3) is 0.389. The molecule has 0 saturated carbocycles. The molecule has 0 aliphatic carbocycles. The first-order chi connectivity index (χ1) is 12.3. The van der Waals surface area contributed by atoms with Crippen molar-refractivity contribution in [3.05, 3.63) is 54.8 Å². The number of imidazole rings is 1. The quantitative estimate of drug-likeness (QED) is 0.857. The van der Waals surface area contributed by atoms with Gasteiger partial charge in [0.05, 0.1) is 0 Å². The van der Waals surface area contributed by atoms with Gasteiger partial charge in [0, 0.05) is 57.4 Å². The van der Waals surface area contributed by atoms with E-state index in [2.05, 4.69) is 32.3 Å². The fourth-order valence-corrected chi connectivity index (χ4v) is 3.37. The van der Waals surface area contributed by atoms with Crippen LogP contribution in [0.4, 0.5) is 4.79 Å². The van der Waals surface area contributed by atoms with Gasteiger partial charge in [-0.2, -0.15) is 0 Å². The van der Waals surface area contributed by atoms with Crippen LogP contribution in [-0.2, 0) is 6.54 Å². The highest BCUT2D eigenvalue weighted by atomic mass is 16.2. The van der Waals surface area contributed by atoms with Crippen molar-refractivity contribution in [3.63, 3.8) is 0 Å². The highest BCUT2D eigenvalue weighted by molar-refractivity contribution is 5.74. The Kier molecular flexibility index (Phi) is 4.47. The predicted octanol–water partition coefficient (Wildman–Crippen LogP) is 1.42. The minimum absolute atomic E-state index is 0.00772. The van der Waals surface area contributed by atoms with Gasteiger partial charge in [0.25, 0.3) is 0 Å². The van der Waals surface area contributed by atoms with E-state index in [4.69, 9.17) is 0 Å². The second-order valence-electron chi connectivity index (χ2n) is 6.47. The molecule has 2 aliphatic rings. The number of amides is 2. The van der Waals surface area contributed by atoms with Gasteiger partial charge in [0.1, 0.15) is 12.1 Å². The maximum absolute atomic E-state index is 12.4. The number of nitrogens with zero attached hydrogens (tertiary/aromatic N) is 5. The molecule has 2 amide bonds. The molecule has 1 unspecified atom stereocenters. The van der Waals surface area contributed by atoms with Gasteiger partial charge in [-0.25, -0.2) is 14.8 Å². The number of hydrogen-bond donors (Lipinski definition) is 1. The molecule has 0 spiro atoms. The number of carbonyl (C=O) groups is 1. The Labute approximate surface area is 147 Å². The van der Waals surface area contributed by atoms with Crippen molar-refractivity contribution in [2.45, 2.75) is 19.0 Å². The first-order valence-corrected chi connectivity index (χ1v) is 8.65. The molecule has 0 aromatic carbocycles. The van der Waals surface area contributed by atoms with E-state index in [1.807, 2.05) is 27.8 Å². The van der Waals surface area contributed by atoms with Crippen LogP contribution in [0, 0.1) is 0 Å². The lowest BCUT2D eigenvalue weighted by Gasteiger charge is -2.23. The lowest BCUT2D eigenvalue weighted by Crippen LogP contribution is -2.41. The number of urea groups is 1. The summed E-state index contributed by atoms with van der Waals surface area (Å²) in [5, 5.41) is 3.00. The van der Waals surface area contributed by atoms with Gasteiger partial charge in [0.15, 0.2) is 0 Å². The van der Waals surface area contributed by atoms with Gasteiger partial charge in [-0.1, -0.05) is 18.2 Å². The highest BCUT2D eigenvalue weighted by Gasteiger charge is 2.30. The summed E-state index contributed by atoms with van der Waals surface area (Å²) < 4.78 is 1.85. The minimum atomic E-state index is 0.00772. The zero-order valence-corrected chi connectivity index (χ0v) is 14.1. The van der Waals surface area contributed by atoms with Gasteiger partial charge < -0.3 is 10.2 Å². The van der Waals surface area contributed by atoms with Crippen molar-refractivity contribution in [1.29, 1.82) is 0 Å². The van der Waals surface area contributed by atoms with Crippen LogP contribution in [0.3, 0.4) is 0 Å². The van der Waals surface area contributed by atoms with E-state index in [1.54, 1.807) is 18.7 Å². The number of carbonyl (C=O) groups excluding carboxylic acids is 1. The average molecular weight is 338 g/mol. The third kappa shape index (κ3) is 3.56. The number of likely N-dealkylation sites (tertiary alicyclic amines) is 1. The van der Waals surface area contributed by atoms with Crippen LogP contribution in [0.2, 0.25) is 0 Å². The molecule has 2 aromatic heterocycles. The Morgan fingerprint density at radius 2 is 2.16 bits per heavy atom. The third-order valence-electron chi connectivity index (χ3n) is 4.84. The summed E-state index contributed by atoms with van der Waals surface area (Å²) in [6.07, 6.45) is 12.5. The van der Waals surface area contributed by atoms with Gasteiger partial charge in [-0.15, -0.1) is 0 Å². The van der Waals surface area contributed by atoms with Crippen molar-refractivity contribution >= 4 is 6.03 Å². The number of rotatable bonds is 4. The van der Waals surface area contributed by atoms with Crippen LogP contribution in [0.25, 0.3) is 5.82 Å². The second kappa shape index (κ2) is 7.06. The molecule has 4 heterocycles. The fourth-order valence-electron chi connectivity index (χ4n) is 3.37. The molecule has 1 fully saturated rings. The molecule has 2 aliphatic heterocycles. The molecule has 4 rings (SSSR count). The first kappa shape index (κ1) is 15.8. The highest BCUT2D eigenvalue weighted by Crippen LogP contribution is 2.17. The minimum Gasteiger partial charge on any atom is -0.334 e. The molecular formula is C18H22N6O. The van der Waals surface area contributed by atoms with Crippen LogP contribution in [0.1, 0.15) is 12.0 Å². The molecule has 25 heavy (non-hydrogen) atoms. The molecule has 0 bridgehead atoms. The molecule has 1 saturated heterocycles. The summed E-state index contributed by atoms with van der Waals surface area (Å²) in [5.41, 5.74) is 0.983. The maximum Gasteiger partial charge on any atom is 0.317 e. The van der Waals surface area contributed by atoms with Gasteiger partial charge in [0.2, 0.25) is 0 Å². The summed E-state index contributed by atoms with van der Waals surface area (Å²) in [6.45, 7) is 4.14. The van der Waals surface area contributed by atoms with E-state index in [0.29, 0.717) is 12.6 Å². The van der Waals surface area contributed by atoms with Crippen LogP contribution in [-0.4, -0.2) is 62.6 Å². The lowest BCUT2D eigenvalue weighted by atomic mass is 10.2. The van der Waals surface area contributed by atoms with Gasteiger partial charge >= 0.3 is 6.03 Å². The smallest absolute Gasteiger partial charge is 0.317 e. The summed E-state index contributed by atoms with van der Waals surface area (Å²) in [4.78, 5) is 25.1. The zero-order valence-electron chi connectivity index (χ0n) is 14.1. The van der Waals surface area contributed by atoms with Crippen LogP contribution in [0.15, 0.2) is 49.2 Å². The zero-order chi connectivity index (χ0) is 17.1. The predicted molar refractivity (Wildman–Crippen MR) is 94.3 cm³/mol. The normalized spacial score (nSPS) is 20.3. The Balaban J connectivity index is 1.27. The van der Waals surface area contributed by atoms with E-state index in [9.17, 15) is 4.79 Å². The Morgan fingerprint density at radius 1 is 1.28 bits per heavy atom. The average Bonchev–Trinajstić information content (AvgIpc) is 3.42. The van der Waals surface area contributed by atoms with Crippen LogP contribution >= 0.6 is 0 Å². The van der Waals surface area contributed by atoms with Gasteiger partial charge in [-0.05, 0) is 18.1 Å². The monoisotopic (exact) mass is 338 g/mol. The van der Waals surface area contributed by atoms with Crippen LogP contribution in [0.5, 0.6) is 0 Å². The molecular weight excluding hydrogens is 316 g/mol. The van der Waals surface area contributed by atoms with Crippen molar-refractivity contribution in [2.24, 2.45) is 0 Å². The maximum atomic E-state index is 12.4. The van der Waals surface area contributed by atoms with E-state index < -0.39 is 0 Å². The Bertz CT molecular complexity index is 731. The van der Waals surface area contributed by atoms with Gasteiger partial charge in [-0.3, -0.25) is 9.47 Å². The number of pyridine rings is 1. The first-order valence-electron chi connectivity index (χ1n) is 8.65. The van der Waals surface area contributed by atoms with E-state index in [-0.39, 0.29) is 6.03 Å².